The van der Waals surface area contributed by atoms with Gasteiger partial charge in [0.25, 0.3) is 11.5 Å². The van der Waals surface area contributed by atoms with Crippen molar-refractivity contribution in [3.8, 4) is 11.5 Å². The standard InChI is InChI=1S/C26H31N7O5/c1-3-33-24(36)20-18(27)10-19(38-9-8-32-6-4-26(5-7-32)11-17(34)12-26)22(37-2)21(20)30-25(33)31-23(35)16-13-28-15-29-14-16/h10,13-15H,3-9,11-12,27H2,1-2H3,(H,30,31,35). The van der Waals surface area contributed by atoms with Crippen LogP contribution < -0.4 is 26.1 Å². The minimum atomic E-state index is -0.507. The average Bonchev–Trinajstić information content (AvgIpc) is 2.89. The number of piperidine rings is 1. The van der Waals surface area contributed by atoms with Crippen LogP contribution in [0.4, 0.5) is 11.6 Å². The van der Waals surface area contributed by atoms with E-state index < -0.39 is 11.5 Å². The second-order valence-corrected chi connectivity index (χ2v) is 9.87. The number of methoxy groups -OCH3 is 1. The molecule has 3 N–H and O–H groups in total. The number of likely N-dealkylation sites (tertiary alicyclic amines) is 1. The molecule has 1 aromatic carbocycles. The second-order valence-electron chi connectivity index (χ2n) is 9.87. The van der Waals surface area contributed by atoms with Crippen molar-refractivity contribution >= 4 is 34.2 Å². The third-order valence-corrected chi connectivity index (χ3v) is 7.48. The zero-order valence-corrected chi connectivity index (χ0v) is 21.5. The second kappa shape index (κ2) is 10.4. The van der Waals surface area contributed by atoms with Gasteiger partial charge in [0.1, 0.15) is 24.2 Å². The maximum atomic E-state index is 13.4. The van der Waals surface area contributed by atoms with Crippen molar-refractivity contribution in [2.24, 2.45) is 5.41 Å². The Morgan fingerprint density at radius 3 is 2.53 bits per heavy atom. The van der Waals surface area contributed by atoms with Crippen LogP contribution in [0.25, 0.3) is 10.9 Å². The molecule has 1 saturated carbocycles. The molecule has 5 rings (SSSR count). The Hall–Kier alpha value is -4.06. The number of hydrogen-bond donors (Lipinski definition) is 2. The van der Waals surface area contributed by atoms with Gasteiger partial charge in [-0.2, -0.15) is 0 Å². The quantitative estimate of drug-likeness (QED) is 0.420. The number of nitrogens with zero attached hydrogens (tertiary/aromatic N) is 5. The van der Waals surface area contributed by atoms with Crippen LogP contribution in [0.15, 0.2) is 29.6 Å². The Bertz CT molecular complexity index is 1420. The van der Waals surface area contributed by atoms with Gasteiger partial charge in [0.2, 0.25) is 5.95 Å². The number of rotatable bonds is 8. The first-order valence-electron chi connectivity index (χ1n) is 12.7. The molecule has 200 valence electrons. The van der Waals surface area contributed by atoms with Gasteiger partial charge in [0.15, 0.2) is 11.5 Å². The lowest BCUT2D eigenvalue weighted by Gasteiger charge is -2.46. The third kappa shape index (κ3) is 4.78. The van der Waals surface area contributed by atoms with E-state index in [1.807, 2.05) is 0 Å². The zero-order valence-electron chi connectivity index (χ0n) is 21.5. The van der Waals surface area contributed by atoms with Crippen LogP contribution in [0, 0.1) is 5.41 Å². The van der Waals surface area contributed by atoms with Crippen LogP contribution in [0.5, 0.6) is 11.5 Å². The number of fused-ring (bicyclic) bond motifs is 1. The van der Waals surface area contributed by atoms with Gasteiger partial charge in [-0.1, -0.05) is 0 Å². The molecule has 2 fully saturated rings. The molecule has 0 unspecified atom stereocenters. The number of anilines is 2. The summed E-state index contributed by atoms with van der Waals surface area (Å²) < 4.78 is 13.0. The van der Waals surface area contributed by atoms with Crippen LogP contribution in [0.2, 0.25) is 0 Å². The smallest absolute Gasteiger partial charge is 0.265 e. The fourth-order valence-corrected chi connectivity index (χ4v) is 5.33. The highest BCUT2D eigenvalue weighted by molar-refractivity contribution is 6.04. The summed E-state index contributed by atoms with van der Waals surface area (Å²) in [5.41, 5.74) is 6.74. The van der Waals surface area contributed by atoms with E-state index in [1.165, 1.54) is 30.4 Å². The molecule has 0 bridgehead atoms. The highest BCUT2D eigenvalue weighted by atomic mass is 16.5. The number of nitrogens with one attached hydrogen (secondary N) is 1. The molecule has 1 spiro atoms. The topological polar surface area (TPSA) is 155 Å². The van der Waals surface area contributed by atoms with Crippen molar-refractivity contribution in [3.05, 3.63) is 40.7 Å². The molecule has 2 aliphatic rings. The van der Waals surface area contributed by atoms with Crippen molar-refractivity contribution in [1.29, 1.82) is 0 Å². The average molecular weight is 522 g/mol. The number of carbonyl (C=O) groups excluding carboxylic acids is 2. The van der Waals surface area contributed by atoms with Crippen LogP contribution in [-0.4, -0.2) is 69.5 Å². The summed E-state index contributed by atoms with van der Waals surface area (Å²) in [5.74, 6) is 0.543. The lowest BCUT2D eigenvalue weighted by atomic mass is 9.62. The predicted molar refractivity (Wildman–Crippen MR) is 140 cm³/mol. The fraction of sp³-hybridized carbons (Fsp3) is 0.462. The highest BCUT2D eigenvalue weighted by Crippen LogP contribution is 2.46. The van der Waals surface area contributed by atoms with Gasteiger partial charge in [-0.05, 0) is 38.3 Å². The number of nitrogen functional groups attached to an aromatic ring is 1. The molecule has 38 heavy (non-hydrogen) atoms. The van der Waals surface area contributed by atoms with Crippen LogP contribution in [0.1, 0.15) is 43.0 Å². The van der Waals surface area contributed by atoms with Crippen molar-refractivity contribution in [3.63, 3.8) is 0 Å². The minimum absolute atomic E-state index is 0.0467. The maximum Gasteiger partial charge on any atom is 0.265 e. The Kier molecular flexibility index (Phi) is 6.98. The molecule has 12 heteroatoms. The molecule has 2 aromatic heterocycles. The van der Waals surface area contributed by atoms with Gasteiger partial charge in [-0.15, -0.1) is 0 Å². The number of ketones is 1. The Morgan fingerprint density at radius 1 is 1.18 bits per heavy atom. The number of Topliss-reactive ketones (excluding diaryl/α,β-unsaturated/α-hetero) is 1. The molecule has 1 aliphatic carbocycles. The molecule has 1 amide bonds. The molecule has 1 saturated heterocycles. The van der Waals surface area contributed by atoms with Gasteiger partial charge >= 0.3 is 0 Å². The zero-order chi connectivity index (χ0) is 26.9. The third-order valence-electron chi connectivity index (χ3n) is 7.48. The molecule has 0 radical (unpaired) electrons. The number of ether oxygens (including phenoxy) is 2. The Labute approximate surface area is 219 Å². The van der Waals surface area contributed by atoms with E-state index >= 15 is 0 Å². The summed E-state index contributed by atoms with van der Waals surface area (Å²) >= 11 is 0. The Balaban J connectivity index is 1.37. The normalized spacial score (nSPS) is 16.8. The summed E-state index contributed by atoms with van der Waals surface area (Å²) in [6.45, 7) is 4.98. The van der Waals surface area contributed by atoms with E-state index in [0.29, 0.717) is 24.7 Å². The SMILES string of the molecule is CCn1c(NC(=O)c2cncnc2)nc2c(OC)c(OCCN3CCC4(CC3)CC(=O)C4)cc(N)c2c1=O. The summed E-state index contributed by atoms with van der Waals surface area (Å²) in [4.78, 5) is 52.2. The molecular formula is C26H31N7O5. The van der Waals surface area contributed by atoms with Crippen molar-refractivity contribution < 1.29 is 19.1 Å². The van der Waals surface area contributed by atoms with E-state index in [-0.39, 0.29) is 45.8 Å². The lowest BCUT2D eigenvalue weighted by molar-refractivity contribution is -0.135. The first kappa shape index (κ1) is 25.6. The van der Waals surface area contributed by atoms with Gasteiger partial charge in [-0.3, -0.25) is 29.2 Å². The molecule has 3 aromatic rings. The number of nitrogens with two attached hydrogens (primary N) is 1. The predicted octanol–water partition coefficient (Wildman–Crippen LogP) is 1.87. The van der Waals surface area contributed by atoms with Gasteiger partial charge in [-0.25, -0.2) is 15.0 Å². The van der Waals surface area contributed by atoms with Crippen molar-refractivity contribution in [2.75, 3.05) is 44.4 Å². The first-order valence-corrected chi connectivity index (χ1v) is 12.7. The lowest BCUT2D eigenvalue weighted by Crippen LogP contribution is -2.48. The summed E-state index contributed by atoms with van der Waals surface area (Å²) in [6.07, 6.45) is 7.57. The highest BCUT2D eigenvalue weighted by Gasteiger charge is 2.44. The van der Waals surface area contributed by atoms with E-state index in [1.54, 1.807) is 13.0 Å². The molecule has 1 aliphatic heterocycles. The van der Waals surface area contributed by atoms with E-state index in [2.05, 4.69) is 25.2 Å². The Morgan fingerprint density at radius 2 is 1.89 bits per heavy atom. The van der Waals surface area contributed by atoms with Crippen LogP contribution in [-0.2, 0) is 11.3 Å². The van der Waals surface area contributed by atoms with Gasteiger partial charge < -0.3 is 15.2 Å². The van der Waals surface area contributed by atoms with E-state index in [0.717, 1.165) is 38.8 Å². The fourth-order valence-electron chi connectivity index (χ4n) is 5.33. The van der Waals surface area contributed by atoms with Crippen LogP contribution >= 0.6 is 0 Å². The molecular weight excluding hydrogens is 490 g/mol. The van der Waals surface area contributed by atoms with Crippen molar-refractivity contribution in [1.82, 2.24) is 24.4 Å². The first-order chi connectivity index (χ1) is 18.3. The molecule has 12 nitrogen and oxygen atoms in total. The number of amides is 1. The van der Waals surface area contributed by atoms with Gasteiger partial charge in [0, 0.05) is 44.4 Å². The van der Waals surface area contributed by atoms with E-state index in [4.69, 9.17) is 15.2 Å². The number of aromatic nitrogens is 4. The minimum Gasteiger partial charge on any atom is -0.491 e. The monoisotopic (exact) mass is 521 g/mol. The van der Waals surface area contributed by atoms with Gasteiger partial charge in [0.05, 0.1) is 23.7 Å². The largest absolute Gasteiger partial charge is 0.491 e. The van der Waals surface area contributed by atoms with Crippen LogP contribution in [0.3, 0.4) is 0 Å². The van der Waals surface area contributed by atoms with Crippen molar-refractivity contribution in [2.45, 2.75) is 39.2 Å². The number of carbonyl (C=O) groups is 2. The maximum absolute atomic E-state index is 13.4. The molecule has 0 atom stereocenters. The summed E-state index contributed by atoms with van der Waals surface area (Å²) in [5, 5.41) is 2.86. The van der Waals surface area contributed by atoms with E-state index in [9.17, 15) is 14.4 Å². The number of benzene rings is 1. The molecule has 3 heterocycles. The summed E-state index contributed by atoms with van der Waals surface area (Å²) in [6, 6.07) is 1.58. The number of hydrogen-bond acceptors (Lipinski definition) is 10. The summed E-state index contributed by atoms with van der Waals surface area (Å²) in [7, 11) is 1.47.